The van der Waals surface area contributed by atoms with Crippen LogP contribution in [0.4, 0.5) is 0 Å². The van der Waals surface area contributed by atoms with Gasteiger partial charge in [-0.3, -0.25) is 4.90 Å². The standard InChI is InChI=1S/C16H19N3S2/c1-20-15-6-4-3-5-12(15)10-19-8-7-14-13(11-19)9-17-16(18-14)21-2/h3-6,9H,7-8,10-11H2,1-2H3. The quantitative estimate of drug-likeness (QED) is 0.636. The SMILES string of the molecule is CSc1ncc2c(n1)CCN(Cc1ccccc1SC)C2. The van der Waals surface area contributed by atoms with Crippen molar-refractivity contribution in [2.45, 2.75) is 29.6 Å². The molecule has 2 heterocycles. The van der Waals surface area contributed by atoms with Crippen molar-refractivity contribution < 1.29 is 0 Å². The van der Waals surface area contributed by atoms with Crippen molar-refractivity contribution >= 4 is 23.5 Å². The zero-order chi connectivity index (χ0) is 14.7. The summed E-state index contributed by atoms with van der Waals surface area (Å²) in [7, 11) is 0. The second-order valence-electron chi connectivity index (χ2n) is 5.10. The van der Waals surface area contributed by atoms with Crippen LogP contribution in [0.2, 0.25) is 0 Å². The van der Waals surface area contributed by atoms with Gasteiger partial charge < -0.3 is 0 Å². The van der Waals surface area contributed by atoms with E-state index in [1.807, 2.05) is 24.2 Å². The van der Waals surface area contributed by atoms with Crippen LogP contribution in [0, 0.1) is 0 Å². The molecule has 0 saturated heterocycles. The fourth-order valence-corrected chi connectivity index (χ4v) is 3.63. The van der Waals surface area contributed by atoms with Crippen molar-refractivity contribution in [2.75, 3.05) is 19.1 Å². The lowest BCUT2D eigenvalue weighted by atomic mass is 10.1. The van der Waals surface area contributed by atoms with Crippen LogP contribution in [0.15, 0.2) is 40.5 Å². The summed E-state index contributed by atoms with van der Waals surface area (Å²) in [4.78, 5) is 12.9. The molecule has 21 heavy (non-hydrogen) atoms. The summed E-state index contributed by atoms with van der Waals surface area (Å²) >= 11 is 3.43. The normalized spacial score (nSPS) is 15.0. The molecule has 1 aromatic carbocycles. The van der Waals surface area contributed by atoms with Gasteiger partial charge in [0.05, 0.1) is 5.69 Å². The zero-order valence-corrected chi connectivity index (χ0v) is 14.0. The Hall–Kier alpha value is -1.04. The monoisotopic (exact) mass is 317 g/mol. The van der Waals surface area contributed by atoms with Gasteiger partial charge in [0.25, 0.3) is 0 Å². The molecule has 2 aromatic rings. The fraction of sp³-hybridized carbons (Fsp3) is 0.375. The van der Waals surface area contributed by atoms with Crippen molar-refractivity contribution in [3.63, 3.8) is 0 Å². The van der Waals surface area contributed by atoms with Gasteiger partial charge in [0.15, 0.2) is 5.16 Å². The van der Waals surface area contributed by atoms with Gasteiger partial charge in [-0.15, -0.1) is 11.8 Å². The minimum Gasteiger partial charge on any atom is -0.294 e. The van der Waals surface area contributed by atoms with Crippen LogP contribution < -0.4 is 0 Å². The molecule has 5 heteroatoms. The summed E-state index contributed by atoms with van der Waals surface area (Å²) in [5, 5.41) is 0.884. The molecule has 3 rings (SSSR count). The molecule has 0 N–H and O–H groups in total. The first-order valence-electron chi connectivity index (χ1n) is 7.03. The molecule has 0 fully saturated rings. The van der Waals surface area contributed by atoms with Crippen molar-refractivity contribution in [1.82, 2.24) is 14.9 Å². The van der Waals surface area contributed by atoms with Crippen LogP contribution in [0.3, 0.4) is 0 Å². The summed E-state index contributed by atoms with van der Waals surface area (Å²) in [6, 6.07) is 8.67. The second kappa shape index (κ2) is 6.81. The molecule has 0 atom stereocenters. The van der Waals surface area contributed by atoms with E-state index in [1.165, 1.54) is 21.7 Å². The van der Waals surface area contributed by atoms with Gasteiger partial charge in [-0.2, -0.15) is 0 Å². The Bertz CT molecular complexity index is 631. The molecule has 3 nitrogen and oxygen atoms in total. The summed E-state index contributed by atoms with van der Waals surface area (Å²) in [5.41, 5.74) is 3.92. The Morgan fingerprint density at radius 1 is 1.19 bits per heavy atom. The number of aromatic nitrogens is 2. The Kier molecular flexibility index (Phi) is 4.83. The van der Waals surface area contributed by atoms with Gasteiger partial charge in [-0.05, 0) is 24.1 Å². The third-order valence-electron chi connectivity index (χ3n) is 3.76. The van der Waals surface area contributed by atoms with E-state index in [9.17, 15) is 0 Å². The molecule has 1 aliphatic rings. The number of nitrogens with zero attached hydrogens (tertiary/aromatic N) is 3. The Morgan fingerprint density at radius 3 is 2.86 bits per heavy atom. The lowest BCUT2D eigenvalue weighted by Gasteiger charge is -2.28. The fourth-order valence-electron chi connectivity index (χ4n) is 2.66. The van der Waals surface area contributed by atoms with E-state index in [4.69, 9.17) is 0 Å². The first-order chi connectivity index (χ1) is 10.3. The highest BCUT2D eigenvalue weighted by molar-refractivity contribution is 7.98. The molecule has 1 aliphatic heterocycles. The number of benzene rings is 1. The summed E-state index contributed by atoms with van der Waals surface area (Å²) in [6.45, 7) is 3.02. The maximum atomic E-state index is 4.63. The second-order valence-corrected chi connectivity index (χ2v) is 6.72. The van der Waals surface area contributed by atoms with E-state index in [1.54, 1.807) is 11.8 Å². The van der Waals surface area contributed by atoms with Crippen LogP contribution in [0.5, 0.6) is 0 Å². The molecule has 0 radical (unpaired) electrons. The molecule has 0 spiro atoms. The van der Waals surface area contributed by atoms with Crippen molar-refractivity contribution in [3.05, 3.63) is 47.3 Å². The van der Waals surface area contributed by atoms with Crippen LogP contribution in [0.1, 0.15) is 16.8 Å². The minimum absolute atomic E-state index is 0.884. The first kappa shape index (κ1) is 14.9. The minimum atomic E-state index is 0.884. The molecule has 0 unspecified atom stereocenters. The van der Waals surface area contributed by atoms with E-state index >= 15 is 0 Å². The predicted molar refractivity (Wildman–Crippen MR) is 89.9 cm³/mol. The van der Waals surface area contributed by atoms with Crippen LogP contribution >= 0.6 is 23.5 Å². The zero-order valence-electron chi connectivity index (χ0n) is 12.4. The summed E-state index contributed by atoms with van der Waals surface area (Å²) in [5.74, 6) is 0. The number of hydrogen-bond donors (Lipinski definition) is 0. The highest BCUT2D eigenvalue weighted by atomic mass is 32.2. The van der Waals surface area contributed by atoms with Crippen molar-refractivity contribution in [1.29, 1.82) is 0 Å². The third-order valence-corrected chi connectivity index (χ3v) is 5.16. The smallest absolute Gasteiger partial charge is 0.187 e. The molecular formula is C16H19N3S2. The lowest BCUT2D eigenvalue weighted by Crippen LogP contribution is -2.31. The third kappa shape index (κ3) is 3.42. The average Bonchev–Trinajstić information content (AvgIpc) is 2.55. The Morgan fingerprint density at radius 2 is 2.05 bits per heavy atom. The molecule has 1 aromatic heterocycles. The van der Waals surface area contributed by atoms with Crippen LogP contribution in [-0.2, 0) is 19.5 Å². The largest absolute Gasteiger partial charge is 0.294 e. The van der Waals surface area contributed by atoms with E-state index < -0.39 is 0 Å². The van der Waals surface area contributed by atoms with Gasteiger partial charge in [-0.25, -0.2) is 9.97 Å². The number of hydrogen-bond acceptors (Lipinski definition) is 5. The summed E-state index contributed by atoms with van der Waals surface area (Å²) < 4.78 is 0. The van der Waals surface area contributed by atoms with Gasteiger partial charge in [0.1, 0.15) is 0 Å². The maximum absolute atomic E-state index is 4.63. The first-order valence-corrected chi connectivity index (χ1v) is 9.48. The molecule has 0 bridgehead atoms. The molecular weight excluding hydrogens is 298 g/mol. The van der Waals surface area contributed by atoms with Gasteiger partial charge >= 0.3 is 0 Å². The maximum Gasteiger partial charge on any atom is 0.187 e. The van der Waals surface area contributed by atoms with E-state index in [0.29, 0.717) is 0 Å². The molecule has 0 amide bonds. The summed E-state index contributed by atoms with van der Waals surface area (Å²) in [6.07, 6.45) is 7.19. The predicted octanol–water partition coefficient (Wildman–Crippen LogP) is 3.48. The van der Waals surface area contributed by atoms with E-state index in [-0.39, 0.29) is 0 Å². The van der Waals surface area contributed by atoms with Crippen LogP contribution in [-0.4, -0.2) is 33.9 Å². The van der Waals surface area contributed by atoms with E-state index in [0.717, 1.165) is 31.2 Å². The lowest BCUT2D eigenvalue weighted by molar-refractivity contribution is 0.240. The number of fused-ring (bicyclic) bond motifs is 1. The van der Waals surface area contributed by atoms with Gasteiger partial charge in [-0.1, -0.05) is 30.0 Å². The average molecular weight is 317 g/mol. The number of thioether (sulfide) groups is 2. The highest BCUT2D eigenvalue weighted by Gasteiger charge is 2.19. The van der Waals surface area contributed by atoms with Gasteiger partial charge in [0, 0.05) is 42.7 Å². The Balaban J connectivity index is 1.74. The number of rotatable bonds is 4. The van der Waals surface area contributed by atoms with Crippen molar-refractivity contribution in [3.8, 4) is 0 Å². The van der Waals surface area contributed by atoms with Crippen molar-refractivity contribution in [2.24, 2.45) is 0 Å². The van der Waals surface area contributed by atoms with Crippen LogP contribution in [0.25, 0.3) is 0 Å². The van der Waals surface area contributed by atoms with Gasteiger partial charge in [0.2, 0.25) is 0 Å². The molecule has 0 aliphatic carbocycles. The highest BCUT2D eigenvalue weighted by Crippen LogP contribution is 2.24. The molecule has 0 saturated carbocycles. The topological polar surface area (TPSA) is 29.0 Å². The Labute approximate surface area is 134 Å². The molecule has 110 valence electrons. The van der Waals surface area contributed by atoms with E-state index in [2.05, 4.69) is 45.4 Å².